The normalized spacial score (nSPS) is 17.3. The first-order chi connectivity index (χ1) is 8.34. The van der Waals surface area contributed by atoms with Gasteiger partial charge in [-0.15, -0.1) is 0 Å². The minimum absolute atomic E-state index is 0.256. The summed E-state index contributed by atoms with van der Waals surface area (Å²) in [6, 6.07) is 0. The molecule has 0 fully saturated rings. The van der Waals surface area contributed by atoms with Crippen LogP contribution in [0.5, 0.6) is 0 Å². The van der Waals surface area contributed by atoms with Gasteiger partial charge in [0.15, 0.2) is 11.5 Å². The first kappa shape index (κ1) is 14.2. The lowest BCUT2D eigenvalue weighted by molar-refractivity contribution is -0.119. The quantitative estimate of drug-likeness (QED) is 0.516. The highest BCUT2D eigenvalue weighted by Crippen LogP contribution is 2.21. The number of allylic oxidation sites excluding steroid dienone is 2. The van der Waals surface area contributed by atoms with E-state index in [0.717, 1.165) is 5.57 Å². The third kappa shape index (κ3) is 3.07. The van der Waals surface area contributed by atoms with E-state index in [0.29, 0.717) is 6.42 Å². The van der Waals surface area contributed by atoms with Crippen molar-refractivity contribution in [3.63, 3.8) is 0 Å². The van der Waals surface area contributed by atoms with Gasteiger partial charge in [0.2, 0.25) is 0 Å². The molecule has 98 valence electrons. The van der Waals surface area contributed by atoms with Crippen LogP contribution < -0.4 is 5.32 Å². The Labute approximate surface area is 106 Å². The fraction of sp³-hybridized carbons (Fsp3) is 0.385. The highest BCUT2D eigenvalue weighted by Gasteiger charge is 2.31. The van der Waals surface area contributed by atoms with Gasteiger partial charge in [0.25, 0.3) is 5.91 Å². The minimum Gasteiger partial charge on any atom is -0.505 e. The number of hydrogen-bond donors (Lipinski definition) is 3. The molecule has 0 aromatic carbocycles. The molecule has 0 aromatic rings. The van der Waals surface area contributed by atoms with E-state index >= 15 is 0 Å². The SMILES string of the molecule is CC(C)=C1NC(=O)C(C(=O)/C=C/C[C@@H](C)O)=C1O. The predicted molar refractivity (Wildman–Crippen MR) is 66.6 cm³/mol. The standard InChI is InChI=1S/C13H17NO4/c1-7(2)11-12(17)10(13(18)14-11)9(16)6-4-5-8(3)15/h4,6,8,15,17H,5H2,1-3H3,(H,14,18)/b6-4+/t8-/m1/s1. The number of amides is 1. The molecule has 1 aliphatic heterocycles. The van der Waals surface area contributed by atoms with Gasteiger partial charge in [-0.2, -0.15) is 0 Å². The van der Waals surface area contributed by atoms with Crippen LogP contribution in [-0.4, -0.2) is 28.0 Å². The molecule has 1 amide bonds. The van der Waals surface area contributed by atoms with E-state index in [9.17, 15) is 14.7 Å². The van der Waals surface area contributed by atoms with Crippen molar-refractivity contribution < 1.29 is 19.8 Å². The van der Waals surface area contributed by atoms with Gasteiger partial charge in [-0.05, 0) is 38.8 Å². The fourth-order valence-electron chi connectivity index (χ4n) is 1.51. The van der Waals surface area contributed by atoms with Crippen LogP contribution >= 0.6 is 0 Å². The zero-order chi connectivity index (χ0) is 13.9. The van der Waals surface area contributed by atoms with Gasteiger partial charge in [-0.3, -0.25) is 9.59 Å². The van der Waals surface area contributed by atoms with E-state index < -0.39 is 17.8 Å². The number of hydrogen-bond acceptors (Lipinski definition) is 4. The minimum atomic E-state index is -0.601. The van der Waals surface area contributed by atoms with Crippen LogP contribution in [0.25, 0.3) is 0 Å². The van der Waals surface area contributed by atoms with Crippen LogP contribution in [0.1, 0.15) is 27.2 Å². The Hall–Kier alpha value is -1.88. The molecule has 0 saturated carbocycles. The van der Waals surface area contributed by atoms with Crippen LogP contribution in [0, 0.1) is 0 Å². The van der Waals surface area contributed by atoms with E-state index in [1.165, 1.54) is 12.2 Å². The smallest absolute Gasteiger partial charge is 0.263 e. The molecule has 0 aliphatic carbocycles. The molecule has 1 atom stereocenters. The first-order valence-corrected chi connectivity index (χ1v) is 5.66. The topological polar surface area (TPSA) is 86.6 Å². The van der Waals surface area contributed by atoms with Gasteiger partial charge in [-0.1, -0.05) is 6.08 Å². The Morgan fingerprint density at radius 3 is 2.50 bits per heavy atom. The van der Waals surface area contributed by atoms with E-state index in [1.54, 1.807) is 20.8 Å². The Morgan fingerprint density at radius 2 is 2.06 bits per heavy atom. The highest BCUT2D eigenvalue weighted by atomic mass is 16.3. The lowest BCUT2D eigenvalue weighted by Gasteiger charge is -2.00. The largest absolute Gasteiger partial charge is 0.505 e. The molecular formula is C13H17NO4. The molecule has 1 heterocycles. The van der Waals surface area contributed by atoms with E-state index in [2.05, 4.69) is 5.32 Å². The molecule has 0 saturated heterocycles. The third-order valence-corrected chi connectivity index (χ3v) is 2.43. The average molecular weight is 251 g/mol. The van der Waals surface area contributed by atoms with Crippen molar-refractivity contribution in [2.45, 2.75) is 33.3 Å². The Morgan fingerprint density at radius 1 is 1.44 bits per heavy atom. The van der Waals surface area contributed by atoms with Crippen molar-refractivity contribution >= 4 is 11.7 Å². The molecule has 1 aliphatic rings. The van der Waals surface area contributed by atoms with Crippen molar-refractivity contribution in [1.82, 2.24) is 5.32 Å². The highest BCUT2D eigenvalue weighted by molar-refractivity contribution is 6.26. The molecular weight excluding hydrogens is 234 g/mol. The van der Waals surface area contributed by atoms with E-state index in [1.807, 2.05) is 0 Å². The zero-order valence-electron chi connectivity index (χ0n) is 10.7. The maximum atomic E-state index is 11.7. The summed E-state index contributed by atoms with van der Waals surface area (Å²) in [7, 11) is 0. The number of carbonyl (C=O) groups is 2. The summed E-state index contributed by atoms with van der Waals surface area (Å²) in [4.78, 5) is 23.3. The number of aliphatic hydroxyl groups excluding tert-OH is 2. The van der Waals surface area contributed by atoms with Crippen molar-refractivity contribution in [2.75, 3.05) is 0 Å². The van der Waals surface area contributed by atoms with E-state index in [-0.39, 0.29) is 17.0 Å². The predicted octanol–water partition coefficient (Wildman–Crippen LogP) is 1.12. The maximum absolute atomic E-state index is 11.7. The van der Waals surface area contributed by atoms with Crippen LogP contribution in [0.2, 0.25) is 0 Å². The van der Waals surface area contributed by atoms with Gasteiger partial charge in [0.1, 0.15) is 5.57 Å². The molecule has 3 N–H and O–H groups in total. The van der Waals surface area contributed by atoms with Gasteiger partial charge in [0.05, 0.1) is 11.8 Å². The van der Waals surface area contributed by atoms with Gasteiger partial charge >= 0.3 is 0 Å². The maximum Gasteiger partial charge on any atom is 0.263 e. The average Bonchev–Trinajstić information content (AvgIpc) is 2.53. The van der Waals surface area contributed by atoms with Crippen LogP contribution in [0.15, 0.2) is 34.8 Å². The second kappa shape index (κ2) is 5.64. The molecule has 1 rings (SSSR count). The molecule has 0 unspecified atom stereocenters. The summed E-state index contributed by atoms with van der Waals surface area (Å²) in [5, 5.41) is 21.3. The van der Waals surface area contributed by atoms with Gasteiger partial charge < -0.3 is 15.5 Å². The summed E-state index contributed by atoms with van der Waals surface area (Å²) in [5.41, 5.74) is 0.747. The number of ketones is 1. The number of aliphatic hydroxyl groups is 2. The van der Waals surface area contributed by atoms with Gasteiger partial charge in [-0.25, -0.2) is 0 Å². The fourth-order valence-corrected chi connectivity index (χ4v) is 1.51. The van der Waals surface area contributed by atoms with Crippen molar-refractivity contribution in [1.29, 1.82) is 0 Å². The number of rotatable bonds is 4. The van der Waals surface area contributed by atoms with Crippen molar-refractivity contribution in [3.8, 4) is 0 Å². The molecule has 5 heteroatoms. The summed E-state index contributed by atoms with van der Waals surface area (Å²) < 4.78 is 0. The Kier molecular flexibility index (Phi) is 4.44. The van der Waals surface area contributed by atoms with Crippen LogP contribution in [0.4, 0.5) is 0 Å². The Balaban J connectivity index is 2.95. The monoisotopic (exact) mass is 251 g/mol. The molecule has 0 spiro atoms. The Bertz CT molecular complexity index is 465. The summed E-state index contributed by atoms with van der Waals surface area (Å²) in [6.45, 7) is 5.04. The summed E-state index contributed by atoms with van der Waals surface area (Å²) >= 11 is 0. The molecule has 0 bridgehead atoms. The van der Waals surface area contributed by atoms with Crippen LogP contribution in [0.3, 0.4) is 0 Å². The van der Waals surface area contributed by atoms with E-state index in [4.69, 9.17) is 5.11 Å². The number of carbonyl (C=O) groups excluding carboxylic acids is 2. The molecule has 0 radical (unpaired) electrons. The third-order valence-electron chi connectivity index (χ3n) is 2.43. The second-order valence-electron chi connectivity index (χ2n) is 4.40. The van der Waals surface area contributed by atoms with Crippen LogP contribution in [-0.2, 0) is 9.59 Å². The van der Waals surface area contributed by atoms with Crippen molar-refractivity contribution in [2.24, 2.45) is 0 Å². The summed E-state index contributed by atoms with van der Waals surface area (Å²) in [6.07, 6.45) is 2.42. The number of nitrogens with one attached hydrogen (secondary N) is 1. The first-order valence-electron chi connectivity index (χ1n) is 5.66. The second-order valence-corrected chi connectivity index (χ2v) is 4.40. The lowest BCUT2D eigenvalue weighted by Crippen LogP contribution is -2.20. The molecule has 0 aromatic heterocycles. The molecule has 5 nitrogen and oxygen atoms in total. The zero-order valence-corrected chi connectivity index (χ0v) is 10.7. The van der Waals surface area contributed by atoms with Gasteiger partial charge in [0, 0.05) is 0 Å². The van der Waals surface area contributed by atoms with Crippen molar-refractivity contribution in [3.05, 3.63) is 34.8 Å². The molecule has 18 heavy (non-hydrogen) atoms. The summed E-state index contributed by atoms with van der Waals surface area (Å²) in [5.74, 6) is -1.48. The lowest BCUT2D eigenvalue weighted by atomic mass is 10.1.